The van der Waals surface area contributed by atoms with E-state index in [9.17, 15) is 4.39 Å². The first-order chi connectivity index (χ1) is 9.62. The van der Waals surface area contributed by atoms with Gasteiger partial charge in [0.25, 0.3) is 0 Å². The van der Waals surface area contributed by atoms with Crippen molar-refractivity contribution in [2.75, 3.05) is 38.2 Å². The first-order valence-corrected chi connectivity index (χ1v) is 8.16. The molecule has 114 valence electrons. The van der Waals surface area contributed by atoms with Crippen LogP contribution in [-0.4, -0.2) is 43.1 Å². The average Bonchev–Trinajstić information content (AvgIpc) is 2.47. The van der Waals surface area contributed by atoms with Gasteiger partial charge in [0.05, 0.1) is 7.11 Å². The summed E-state index contributed by atoms with van der Waals surface area (Å²) in [5.41, 5.74) is 6.91. The van der Waals surface area contributed by atoms with Crippen molar-refractivity contribution in [3.8, 4) is 5.75 Å². The predicted molar refractivity (Wildman–Crippen MR) is 85.0 cm³/mol. The van der Waals surface area contributed by atoms with Crippen LogP contribution in [0.3, 0.4) is 0 Å². The molecule has 0 fully saturated rings. The molecule has 1 rings (SSSR count). The summed E-state index contributed by atoms with van der Waals surface area (Å²) >= 11 is 1.81. The lowest BCUT2D eigenvalue weighted by Gasteiger charge is -2.18. The van der Waals surface area contributed by atoms with Crippen molar-refractivity contribution in [2.24, 2.45) is 5.73 Å². The van der Waals surface area contributed by atoms with Gasteiger partial charge in [-0.2, -0.15) is 11.8 Å². The van der Waals surface area contributed by atoms with Gasteiger partial charge in [-0.05, 0) is 30.8 Å². The predicted octanol–water partition coefficient (Wildman–Crippen LogP) is 2.91. The minimum absolute atomic E-state index is 0.142. The Bertz CT molecular complexity index is 399. The maximum atomic E-state index is 13.6. The summed E-state index contributed by atoms with van der Waals surface area (Å²) in [6.07, 6.45) is 0. The maximum Gasteiger partial charge on any atom is 0.165 e. The molecule has 0 amide bonds. The van der Waals surface area contributed by atoms with Gasteiger partial charge < -0.3 is 15.4 Å². The summed E-state index contributed by atoms with van der Waals surface area (Å²) in [5.74, 6) is 1.75. The fraction of sp³-hybridized carbons (Fsp3) is 0.600. The smallest absolute Gasteiger partial charge is 0.165 e. The highest BCUT2D eigenvalue weighted by atomic mass is 32.2. The molecular weight excluding hydrogens is 275 g/mol. The van der Waals surface area contributed by atoms with Gasteiger partial charge in [0.1, 0.15) is 0 Å². The van der Waals surface area contributed by atoms with Crippen LogP contribution in [0.15, 0.2) is 18.2 Å². The fourth-order valence-corrected chi connectivity index (χ4v) is 2.95. The third-order valence-electron chi connectivity index (χ3n) is 3.35. The summed E-state index contributed by atoms with van der Waals surface area (Å²) < 4.78 is 18.5. The Morgan fingerprint density at radius 3 is 2.60 bits per heavy atom. The van der Waals surface area contributed by atoms with Gasteiger partial charge in [-0.1, -0.05) is 19.9 Å². The van der Waals surface area contributed by atoms with Crippen LogP contribution in [-0.2, 0) is 0 Å². The van der Waals surface area contributed by atoms with Crippen LogP contribution in [0.5, 0.6) is 5.75 Å². The van der Waals surface area contributed by atoms with E-state index in [0.29, 0.717) is 0 Å². The Morgan fingerprint density at radius 2 is 2.05 bits per heavy atom. The van der Waals surface area contributed by atoms with Crippen molar-refractivity contribution in [3.63, 3.8) is 0 Å². The SMILES string of the molecule is CCN(CC)CCSCC(N)c1ccc(OC)c(F)c1. The molecule has 0 spiro atoms. The van der Waals surface area contributed by atoms with Gasteiger partial charge in [0, 0.05) is 24.1 Å². The minimum atomic E-state index is -0.353. The molecule has 3 nitrogen and oxygen atoms in total. The highest BCUT2D eigenvalue weighted by Gasteiger charge is 2.10. The lowest BCUT2D eigenvalue weighted by Crippen LogP contribution is -2.25. The number of methoxy groups -OCH3 is 1. The minimum Gasteiger partial charge on any atom is -0.494 e. The van der Waals surface area contributed by atoms with E-state index in [0.717, 1.165) is 36.7 Å². The van der Waals surface area contributed by atoms with Crippen LogP contribution >= 0.6 is 11.8 Å². The van der Waals surface area contributed by atoms with E-state index in [-0.39, 0.29) is 17.6 Å². The van der Waals surface area contributed by atoms with E-state index >= 15 is 0 Å². The lowest BCUT2D eigenvalue weighted by atomic mass is 10.1. The highest BCUT2D eigenvalue weighted by molar-refractivity contribution is 7.99. The average molecular weight is 300 g/mol. The van der Waals surface area contributed by atoms with Crippen LogP contribution in [0.4, 0.5) is 4.39 Å². The van der Waals surface area contributed by atoms with E-state index in [1.54, 1.807) is 6.07 Å². The molecule has 0 aliphatic carbocycles. The topological polar surface area (TPSA) is 38.5 Å². The first-order valence-electron chi connectivity index (χ1n) is 7.01. The third kappa shape index (κ3) is 5.31. The quantitative estimate of drug-likeness (QED) is 0.712. The van der Waals surface area contributed by atoms with E-state index in [2.05, 4.69) is 18.7 Å². The van der Waals surface area contributed by atoms with Crippen LogP contribution in [0.2, 0.25) is 0 Å². The normalized spacial score (nSPS) is 12.7. The second-order valence-electron chi connectivity index (χ2n) is 4.60. The lowest BCUT2D eigenvalue weighted by molar-refractivity contribution is 0.324. The van der Waals surface area contributed by atoms with Crippen LogP contribution in [0, 0.1) is 5.82 Å². The van der Waals surface area contributed by atoms with Crippen LogP contribution < -0.4 is 10.5 Å². The molecule has 1 aromatic rings. The van der Waals surface area contributed by atoms with E-state index in [1.807, 2.05) is 17.8 Å². The number of nitrogens with zero attached hydrogens (tertiary/aromatic N) is 1. The molecule has 0 saturated heterocycles. The zero-order valence-corrected chi connectivity index (χ0v) is 13.4. The summed E-state index contributed by atoms with van der Waals surface area (Å²) in [7, 11) is 1.46. The Balaban J connectivity index is 2.39. The number of hydrogen-bond acceptors (Lipinski definition) is 4. The van der Waals surface area contributed by atoms with Gasteiger partial charge in [-0.3, -0.25) is 0 Å². The number of hydrogen-bond donors (Lipinski definition) is 1. The summed E-state index contributed by atoms with van der Waals surface area (Å²) in [6, 6.07) is 4.79. The number of halogens is 1. The monoisotopic (exact) mass is 300 g/mol. The summed E-state index contributed by atoms with van der Waals surface area (Å²) in [5, 5.41) is 0. The van der Waals surface area contributed by atoms with E-state index in [4.69, 9.17) is 10.5 Å². The second kappa shape index (κ2) is 9.21. The number of ether oxygens (including phenoxy) is 1. The molecule has 0 heterocycles. The molecule has 1 unspecified atom stereocenters. The van der Waals surface area contributed by atoms with Gasteiger partial charge in [-0.25, -0.2) is 4.39 Å². The second-order valence-corrected chi connectivity index (χ2v) is 5.75. The van der Waals surface area contributed by atoms with Crippen molar-refractivity contribution in [2.45, 2.75) is 19.9 Å². The molecule has 1 atom stereocenters. The van der Waals surface area contributed by atoms with Gasteiger partial charge in [0.15, 0.2) is 11.6 Å². The first kappa shape index (κ1) is 17.3. The zero-order valence-electron chi connectivity index (χ0n) is 12.6. The van der Waals surface area contributed by atoms with Crippen LogP contribution in [0.25, 0.3) is 0 Å². The molecule has 5 heteroatoms. The third-order valence-corrected chi connectivity index (χ3v) is 4.41. The molecule has 0 bridgehead atoms. The number of thioether (sulfide) groups is 1. The van der Waals surface area contributed by atoms with Crippen LogP contribution in [0.1, 0.15) is 25.5 Å². The summed E-state index contributed by atoms with van der Waals surface area (Å²) in [4.78, 5) is 2.38. The number of rotatable bonds is 9. The summed E-state index contributed by atoms with van der Waals surface area (Å²) in [6.45, 7) is 7.56. The Labute approximate surface area is 125 Å². The molecule has 0 radical (unpaired) electrons. The molecule has 0 aromatic heterocycles. The number of benzene rings is 1. The molecule has 0 aliphatic rings. The molecular formula is C15H25FN2OS. The molecule has 20 heavy (non-hydrogen) atoms. The Hall–Kier alpha value is -0.780. The van der Waals surface area contributed by atoms with E-state index in [1.165, 1.54) is 13.2 Å². The maximum absolute atomic E-state index is 13.6. The molecule has 0 aliphatic heterocycles. The van der Waals surface area contributed by atoms with Gasteiger partial charge in [-0.15, -0.1) is 0 Å². The Morgan fingerprint density at radius 1 is 1.35 bits per heavy atom. The molecule has 0 saturated carbocycles. The fourth-order valence-electron chi connectivity index (χ4n) is 1.95. The van der Waals surface area contributed by atoms with Crippen molar-refractivity contribution in [1.82, 2.24) is 4.90 Å². The van der Waals surface area contributed by atoms with Crippen molar-refractivity contribution in [1.29, 1.82) is 0 Å². The van der Waals surface area contributed by atoms with Gasteiger partial charge in [0.2, 0.25) is 0 Å². The number of nitrogens with two attached hydrogens (primary N) is 1. The Kier molecular flexibility index (Phi) is 7.95. The highest BCUT2D eigenvalue weighted by Crippen LogP contribution is 2.22. The zero-order chi connectivity index (χ0) is 15.0. The van der Waals surface area contributed by atoms with Gasteiger partial charge >= 0.3 is 0 Å². The van der Waals surface area contributed by atoms with E-state index < -0.39 is 0 Å². The largest absolute Gasteiger partial charge is 0.494 e. The van der Waals surface area contributed by atoms with Crippen molar-refractivity contribution >= 4 is 11.8 Å². The molecule has 1 aromatic carbocycles. The molecule has 2 N–H and O–H groups in total. The van der Waals surface area contributed by atoms with Crippen molar-refractivity contribution < 1.29 is 9.13 Å². The van der Waals surface area contributed by atoms with Crippen molar-refractivity contribution in [3.05, 3.63) is 29.6 Å². The standard InChI is InChI=1S/C15H25FN2OS/c1-4-18(5-2)8-9-20-11-14(17)12-6-7-15(19-3)13(16)10-12/h6-7,10,14H,4-5,8-9,11,17H2,1-3H3.